The Morgan fingerprint density at radius 2 is 1.67 bits per heavy atom. The van der Waals surface area contributed by atoms with Gasteiger partial charge in [0.1, 0.15) is 16.0 Å². The summed E-state index contributed by atoms with van der Waals surface area (Å²) in [5.41, 5.74) is 3.28. The number of benzene rings is 2. The van der Waals surface area contributed by atoms with Crippen LogP contribution < -0.4 is 14.4 Å². The number of carbonyl (C=O) groups excluding carboxylic acids is 1. The van der Waals surface area contributed by atoms with Crippen molar-refractivity contribution in [3.8, 4) is 11.5 Å². The fourth-order valence-electron chi connectivity index (χ4n) is 3.64. The van der Waals surface area contributed by atoms with Crippen molar-refractivity contribution in [3.63, 3.8) is 0 Å². The number of halogens is 1. The maximum Gasteiger partial charge on any atom is 0.276 e. The molecule has 0 aliphatic carbocycles. The normalized spacial score (nSPS) is 15.2. The van der Waals surface area contributed by atoms with E-state index in [1.54, 1.807) is 21.3 Å². The Morgan fingerprint density at radius 3 is 2.18 bits per heavy atom. The van der Waals surface area contributed by atoms with Crippen LogP contribution in [0.15, 0.2) is 46.0 Å². The molecule has 33 heavy (non-hydrogen) atoms. The summed E-state index contributed by atoms with van der Waals surface area (Å²) in [6.45, 7) is 4.98. The molecular weight excluding hydrogens is 490 g/mol. The van der Waals surface area contributed by atoms with E-state index in [-0.39, 0.29) is 5.91 Å². The Morgan fingerprint density at radius 1 is 1.09 bits per heavy atom. The molecular formula is C24H30BrN3O5. The number of hydrazone groups is 1. The van der Waals surface area contributed by atoms with Crippen molar-refractivity contribution in [2.75, 3.05) is 59.6 Å². The third kappa shape index (κ3) is 5.85. The monoisotopic (exact) mass is 519 g/mol. The lowest BCUT2D eigenvalue weighted by atomic mass is 10.1. The van der Waals surface area contributed by atoms with Gasteiger partial charge in [0.2, 0.25) is 0 Å². The number of methoxy groups -OCH3 is 3. The molecule has 178 valence electrons. The van der Waals surface area contributed by atoms with E-state index >= 15 is 0 Å². The predicted octanol–water partition coefficient (Wildman–Crippen LogP) is 3.87. The van der Waals surface area contributed by atoms with E-state index in [1.807, 2.05) is 43.3 Å². The second-order valence-electron chi connectivity index (χ2n) is 7.55. The maximum absolute atomic E-state index is 13.1. The van der Waals surface area contributed by atoms with E-state index < -0.39 is 6.10 Å². The number of nitrogens with zero attached hydrogens (tertiary/aromatic N) is 3. The largest absolute Gasteiger partial charge is 0.495 e. The molecule has 0 spiro atoms. The quantitative estimate of drug-likeness (QED) is 0.389. The van der Waals surface area contributed by atoms with E-state index in [1.165, 1.54) is 12.1 Å². The number of rotatable bonds is 8. The van der Waals surface area contributed by atoms with Crippen LogP contribution in [-0.4, -0.2) is 71.3 Å². The lowest BCUT2D eigenvalue weighted by molar-refractivity contribution is -0.141. The maximum atomic E-state index is 13.1. The molecule has 1 saturated heterocycles. The topological polar surface area (TPSA) is 72.8 Å². The van der Waals surface area contributed by atoms with E-state index in [0.29, 0.717) is 21.7 Å². The van der Waals surface area contributed by atoms with Gasteiger partial charge in [0, 0.05) is 38.5 Å². The minimum Gasteiger partial charge on any atom is -0.495 e. The molecule has 2 aromatic carbocycles. The Labute approximate surface area is 203 Å². The zero-order chi connectivity index (χ0) is 24.0. The summed E-state index contributed by atoms with van der Waals surface area (Å²) in [7, 11) is 6.30. The van der Waals surface area contributed by atoms with Crippen LogP contribution in [0.4, 0.5) is 5.69 Å². The van der Waals surface area contributed by atoms with Gasteiger partial charge in [-0.3, -0.25) is 4.79 Å². The van der Waals surface area contributed by atoms with Crippen molar-refractivity contribution >= 4 is 33.2 Å². The second-order valence-corrected chi connectivity index (χ2v) is 8.34. The van der Waals surface area contributed by atoms with Gasteiger partial charge in [0.25, 0.3) is 5.91 Å². The SMILES string of the molecule is COc1cc(C(C)=NN(C)C(=O)C(OC)c2ccc(N3CCOCC3)cc2)cc(OC)c1Br. The lowest BCUT2D eigenvalue weighted by Gasteiger charge is -2.29. The summed E-state index contributed by atoms with van der Waals surface area (Å²) >= 11 is 3.46. The zero-order valence-electron chi connectivity index (χ0n) is 19.6. The van der Waals surface area contributed by atoms with Crippen molar-refractivity contribution in [2.45, 2.75) is 13.0 Å². The van der Waals surface area contributed by atoms with Crippen LogP contribution in [0.3, 0.4) is 0 Å². The third-order valence-electron chi connectivity index (χ3n) is 5.51. The van der Waals surface area contributed by atoms with Crippen LogP contribution in [0.1, 0.15) is 24.2 Å². The summed E-state index contributed by atoms with van der Waals surface area (Å²) in [5.74, 6) is 0.957. The van der Waals surface area contributed by atoms with Crippen LogP contribution in [0.5, 0.6) is 11.5 Å². The highest BCUT2D eigenvalue weighted by Gasteiger charge is 2.24. The Bertz CT molecular complexity index is 965. The molecule has 3 rings (SSSR count). The van der Waals surface area contributed by atoms with Gasteiger partial charge in [-0.05, 0) is 52.7 Å². The molecule has 0 saturated carbocycles. The molecule has 9 heteroatoms. The fraction of sp³-hybridized carbons (Fsp3) is 0.417. The molecule has 1 unspecified atom stereocenters. The number of amides is 1. The van der Waals surface area contributed by atoms with Gasteiger partial charge in [0.05, 0.1) is 33.1 Å². The highest BCUT2D eigenvalue weighted by Crippen LogP contribution is 2.36. The number of anilines is 1. The number of carbonyl (C=O) groups is 1. The number of hydrogen-bond acceptors (Lipinski definition) is 7. The minimum atomic E-state index is -0.765. The van der Waals surface area contributed by atoms with Crippen molar-refractivity contribution in [1.82, 2.24) is 5.01 Å². The van der Waals surface area contributed by atoms with Crippen LogP contribution in [0.2, 0.25) is 0 Å². The summed E-state index contributed by atoms with van der Waals surface area (Å²) in [5, 5.41) is 5.79. The first-order valence-electron chi connectivity index (χ1n) is 10.6. The van der Waals surface area contributed by atoms with Crippen LogP contribution in [-0.2, 0) is 14.3 Å². The predicted molar refractivity (Wildman–Crippen MR) is 131 cm³/mol. The first-order valence-corrected chi connectivity index (χ1v) is 11.4. The number of hydrogen-bond donors (Lipinski definition) is 0. The van der Waals surface area contributed by atoms with E-state index in [4.69, 9.17) is 18.9 Å². The molecule has 0 N–H and O–H groups in total. The molecule has 2 aromatic rings. The summed E-state index contributed by atoms with van der Waals surface area (Å²) in [6, 6.07) is 11.5. The first-order chi connectivity index (χ1) is 15.9. The van der Waals surface area contributed by atoms with Gasteiger partial charge >= 0.3 is 0 Å². The fourth-order valence-corrected chi connectivity index (χ4v) is 4.19. The van der Waals surface area contributed by atoms with E-state index in [9.17, 15) is 4.79 Å². The highest BCUT2D eigenvalue weighted by atomic mass is 79.9. The molecule has 1 heterocycles. The van der Waals surface area contributed by atoms with Gasteiger partial charge in [-0.2, -0.15) is 5.10 Å². The molecule has 1 amide bonds. The van der Waals surface area contributed by atoms with Crippen molar-refractivity contribution in [1.29, 1.82) is 0 Å². The summed E-state index contributed by atoms with van der Waals surface area (Å²) in [6.07, 6.45) is -0.765. The van der Waals surface area contributed by atoms with Gasteiger partial charge in [-0.25, -0.2) is 5.01 Å². The van der Waals surface area contributed by atoms with Crippen LogP contribution >= 0.6 is 15.9 Å². The zero-order valence-corrected chi connectivity index (χ0v) is 21.2. The molecule has 1 aliphatic rings. The molecule has 0 aromatic heterocycles. The van der Waals surface area contributed by atoms with E-state index in [2.05, 4.69) is 25.9 Å². The average molecular weight is 520 g/mol. The van der Waals surface area contributed by atoms with E-state index in [0.717, 1.165) is 43.1 Å². The van der Waals surface area contributed by atoms with Crippen molar-refractivity contribution < 1.29 is 23.7 Å². The van der Waals surface area contributed by atoms with Crippen LogP contribution in [0.25, 0.3) is 0 Å². The smallest absolute Gasteiger partial charge is 0.276 e. The average Bonchev–Trinajstić information content (AvgIpc) is 2.85. The number of likely N-dealkylation sites (N-methyl/N-ethyl adjacent to an activating group) is 1. The van der Waals surface area contributed by atoms with Crippen molar-refractivity contribution in [3.05, 3.63) is 52.0 Å². The first kappa shape index (κ1) is 25.0. The third-order valence-corrected chi connectivity index (χ3v) is 6.30. The number of morpholine rings is 1. The minimum absolute atomic E-state index is 0.271. The van der Waals surface area contributed by atoms with Crippen molar-refractivity contribution in [2.24, 2.45) is 5.10 Å². The van der Waals surface area contributed by atoms with Gasteiger partial charge in [-0.1, -0.05) is 12.1 Å². The molecule has 1 atom stereocenters. The molecule has 0 bridgehead atoms. The highest BCUT2D eigenvalue weighted by molar-refractivity contribution is 9.10. The molecule has 8 nitrogen and oxygen atoms in total. The molecule has 0 radical (unpaired) electrons. The summed E-state index contributed by atoms with van der Waals surface area (Å²) < 4.78 is 22.5. The Kier molecular flexibility index (Phi) is 8.71. The van der Waals surface area contributed by atoms with Crippen LogP contribution in [0, 0.1) is 0 Å². The Balaban J connectivity index is 1.78. The number of ether oxygens (including phenoxy) is 4. The van der Waals surface area contributed by atoms with Gasteiger partial charge in [-0.15, -0.1) is 0 Å². The Hall–Kier alpha value is -2.62. The molecule has 1 fully saturated rings. The summed E-state index contributed by atoms with van der Waals surface area (Å²) in [4.78, 5) is 15.4. The standard InChI is InChI=1S/C24H30BrN3O5/c1-16(18-14-20(30-3)22(25)21(15-18)31-4)26-27(2)24(29)23(32-5)17-6-8-19(9-7-17)28-10-12-33-13-11-28/h6-9,14-15,23H,10-13H2,1-5H3. The molecule has 1 aliphatic heterocycles. The van der Waals surface area contributed by atoms with Gasteiger partial charge in [0.15, 0.2) is 6.10 Å². The van der Waals surface area contributed by atoms with Gasteiger partial charge < -0.3 is 23.8 Å². The second kappa shape index (κ2) is 11.5. The lowest BCUT2D eigenvalue weighted by Crippen LogP contribution is -2.36.